The van der Waals surface area contributed by atoms with Crippen LogP contribution in [0.4, 0.5) is 0 Å². The number of rotatable bonds is 4. The van der Waals surface area contributed by atoms with Gasteiger partial charge in [-0.25, -0.2) is 13.1 Å². The summed E-state index contributed by atoms with van der Waals surface area (Å²) in [6, 6.07) is 3.86. The van der Waals surface area contributed by atoms with Crippen LogP contribution < -0.4 is 4.72 Å². The molecule has 88 valence electrons. The molecule has 2 rings (SSSR count). The predicted molar refractivity (Wildman–Crippen MR) is 66.6 cm³/mol. The van der Waals surface area contributed by atoms with Crippen molar-refractivity contribution in [1.29, 1.82) is 0 Å². The van der Waals surface area contributed by atoms with Gasteiger partial charge in [0.05, 0.1) is 4.91 Å². The van der Waals surface area contributed by atoms with Gasteiger partial charge in [-0.05, 0) is 37.1 Å². The summed E-state index contributed by atoms with van der Waals surface area (Å²) in [6.45, 7) is 0.400. The van der Waals surface area contributed by atoms with E-state index in [1.807, 2.05) is 23.6 Å². The van der Waals surface area contributed by atoms with Crippen LogP contribution in [0.1, 0.15) is 30.6 Å². The van der Waals surface area contributed by atoms with Gasteiger partial charge in [0.15, 0.2) is 0 Å². The molecule has 0 unspecified atom stereocenters. The van der Waals surface area contributed by atoms with Crippen LogP contribution in [0.15, 0.2) is 28.5 Å². The Morgan fingerprint density at radius 2 is 2.25 bits per heavy atom. The van der Waals surface area contributed by atoms with Gasteiger partial charge in [0.2, 0.25) is 10.0 Å². The zero-order chi connectivity index (χ0) is 11.4. The lowest BCUT2D eigenvalue weighted by atomic mass is 10.1. The summed E-state index contributed by atoms with van der Waals surface area (Å²) < 4.78 is 26.5. The van der Waals surface area contributed by atoms with E-state index in [0.29, 0.717) is 17.9 Å². The summed E-state index contributed by atoms with van der Waals surface area (Å²) >= 11 is 1.56. The molecule has 5 heteroatoms. The topological polar surface area (TPSA) is 46.2 Å². The van der Waals surface area contributed by atoms with Crippen molar-refractivity contribution in [3.8, 4) is 0 Å². The minimum atomic E-state index is -3.24. The summed E-state index contributed by atoms with van der Waals surface area (Å²) in [7, 11) is -3.24. The zero-order valence-electron chi connectivity index (χ0n) is 8.98. The maximum atomic E-state index is 11.9. The van der Waals surface area contributed by atoms with Crippen LogP contribution in [0.2, 0.25) is 0 Å². The lowest BCUT2D eigenvalue weighted by Crippen LogP contribution is -2.25. The van der Waals surface area contributed by atoms with E-state index < -0.39 is 10.0 Å². The molecule has 3 nitrogen and oxygen atoms in total. The molecule has 1 aromatic rings. The highest BCUT2D eigenvalue weighted by molar-refractivity contribution is 7.93. The predicted octanol–water partition coefficient (Wildman–Crippen LogP) is 2.63. The van der Waals surface area contributed by atoms with Crippen molar-refractivity contribution < 1.29 is 8.42 Å². The molecule has 1 aliphatic rings. The van der Waals surface area contributed by atoms with Crippen LogP contribution in [0, 0.1) is 0 Å². The van der Waals surface area contributed by atoms with E-state index in [4.69, 9.17) is 0 Å². The Morgan fingerprint density at radius 1 is 1.38 bits per heavy atom. The van der Waals surface area contributed by atoms with Crippen molar-refractivity contribution in [3.05, 3.63) is 33.4 Å². The van der Waals surface area contributed by atoms with Gasteiger partial charge in [0.1, 0.15) is 0 Å². The summed E-state index contributed by atoms with van der Waals surface area (Å²) in [5, 5.41) is 1.95. The maximum absolute atomic E-state index is 11.9. The first-order valence-electron chi connectivity index (χ1n) is 5.39. The highest BCUT2D eigenvalue weighted by Crippen LogP contribution is 2.21. The van der Waals surface area contributed by atoms with Crippen molar-refractivity contribution >= 4 is 21.4 Å². The average molecular weight is 257 g/mol. The van der Waals surface area contributed by atoms with E-state index in [0.717, 1.165) is 24.1 Å². The van der Waals surface area contributed by atoms with Crippen molar-refractivity contribution in [2.24, 2.45) is 0 Å². The molecule has 1 N–H and O–H groups in total. The monoisotopic (exact) mass is 257 g/mol. The first-order valence-corrected chi connectivity index (χ1v) is 7.76. The number of sulfonamides is 1. The van der Waals surface area contributed by atoms with Crippen molar-refractivity contribution in [1.82, 2.24) is 4.72 Å². The standard InChI is InChI=1S/C11H15NO2S2/c13-16(14,11-6-2-1-3-7-11)12-9-10-5-4-8-15-10/h4-6,8,12H,1-3,7,9H2. The molecule has 0 bridgehead atoms. The van der Waals surface area contributed by atoms with E-state index in [9.17, 15) is 8.42 Å². The van der Waals surface area contributed by atoms with Crippen molar-refractivity contribution in [2.45, 2.75) is 32.2 Å². The van der Waals surface area contributed by atoms with Gasteiger partial charge in [0.25, 0.3) is 0 Å². The molecule has 0 fully saturated rings. The Balaban J connectivity index is 2.00. The number of hydrogen-bond acceptors (Lipinski definition) is 3. The molecule has 16 heavy (non-hydrogen) atoms. The van der Waals surface area contributed by atoms with Gasteiger partial charge in [0, 0.05) is 11.4 Å². The van der Waals surface area contributed by atoms with E-state index in [2.05, 4.69) is 4.72 Å². The lowest BCUT2D eigenvalue weighted by molar-refractivity contribution is 0.581. The highest BCUT2D eigenvalue weighted by Gasteiger charge is 2.18. The molecule has 0 aromatic carbocycles. The SMILES string of the molecule is O=S(=O)(NCc1cccs1)C1=CCCCC1. The van der Waals surface area contributed by atoms with Crippen LogP contribution in [0.25, 0.3) is 0 Å². The zero-order valence-corrected chi connectivity index (χ0v) is 10.6. The summed E-state index contributed by atoms with van der Waals surface area (Å²) in [4.78, 5) is 1.61. The molecule has 0 saturated carbocycles. The van der Waals surface area contributed by atoms with E-state index in [1.165, 1.54) is 0 Å². The fraction of sp³-hybridized carbons (Fsp3) is 0.455. The van der Waals surface area contributed by atoms with Crippen LogP contribution in [-0.4, -0.2) is 8.42 Å². The van der Waals surface area contributed by atoms with E-state index in [1.54, 1.807) is 11.3 Å². The normalized spacial score (nSPS) is 17.1. The fourth-order valence-electron chi connectivity index (χ4n) is 1.72. The third-order valence-electron chi connectivity index (χ3n) is 2.61. The summed E-state index contributed by atoms with van der Waals surface area (Å²) in [5.74, 6) is 0. The largest absolute Gasteiger partial charge is 0.236 e. The lowest BCUT2D eigenvalue weighted by Gasteiger charge is -2.13. The Kier molecular flexibility index (Phi) is 3.78. The minimum Gasteiger partial charge on any atom is -0.207 e. The molecule has 0 saturated heterocycles. The molecule has 0 amide bonds. The molecule has 1 aromatic heterocycles. The second-order valence-corrected chi connectivity index (χ2v) is 6.67. The highest BCUT2D eigenvalue weighted by atomic mass is 32.2. The van der Waals surface area contributed by atoms with Gasteiger partial charge in [-0.2, -0.15) is 0 Å². The maximum Gasteiger partial charge on any atom is 0.236 e. The fourth-order valence-corrected chi connectivity index (χ4v) is 3.74. The van der Waals surface area contributed by atoms with Gasteiger partial charge < -0.3 is 0 Å². The summed E-state index contributed by atoms with van der Waals surface area (Å²) in [6.07, 6.45) is 5.49. The molecule has 0 aliphatic heterocycles. The number of thiophene rings is 1. The second-order valence-electron chi connectivity index (χ2n) is 3.82. The van der Waals surface area contributed by atoms with Gasteiger partial charge in [-0.1, -0.05) is 12.1 Å². The van der Waals surface area contributed by atoms with Crippen molar-refractivity contribution in [3.63, 3.8) is 0 Å². The first-order chi connectivity index (χ1) is 7.68. The first kappa shape index (κ1) is 11.8. The molecule has 0 atom stereocenters. The smallest absolute Gasteiger partial charge is 0.207 e. The number of nitrogens with one attached hydrogen (secondary N) is 1. The van der Waals surface area contributed by atoms with Crippen molar-refractivity contribution in [2.75, 3.05) is 0 Å². The van der Waals surface area contributed by atoms with E-state index >= 15 is 0 Å². The second kappa shape index (κ2) is 5.12. The Hall–Kier alpha value is -0.650. The van der Waals surface area contributed by atoms with Gasteiger partial charge in [-0.3, -0.25) is 0 Å². The molecular weight excluding hydrogens is 242 g/mol. The van der Waals surface area contributed by atoms with Crippen LogP contribution in [-0.2, 0) is 16.6 Å². The Bertz CT molecular complexity index is 460. The molecule has 1 heterocycles. The number of allylic oxidation sites excluding steroid dienone is 2. The van der Waals surface area contributed by atoms with Crippen LogP contribution in [0.5, 0.6) is 0 Å². The molecule has 0 radical (unpaired) electrons. The van der Waals surface area contributed by atoms with Crippen LogP contribution in [0.3, 0.4) is 0 Å². The van der Waals surface area contributed by atoms with Crippen LogP contribution >= 0.6 is 11.3 Å². The average Bonchev–Trinajstić information content (AvgIpc) is 2.81. The third-order valence-corrected chi connectivity index (χ3v) is 5.07. The Labute approximate surface area is 100 Å². The summed E-state index contributed by atoms with van der Waals surface area (Å²) in [5.41, 5.74) is 0. The molecule has 1 aliphatic carbocycles. The van der Waals surface area contributed by atoms with E-state index in [-0.39, 0.29) is 0 Å². The van der Waals surface area contributed by atoms with Gasteiger partial charge >= 0.3 is 0 Å². The molecule has 0 spiro atoms. The minimum absolute atomic E-state index is 0.400. The number of hydrogen-bond donors (Lipinski definition) is 1. The third kappa shape index (κ3) is 2.93. The quantitative estimate of drug-likeness (QED) is 0.901. The Morgan fingerprint density at radius 3 is 2.88 bits per heavy atom. The van der Waals surface area contributed by atoms with Gasteiger partial charge in [-0.15, -0.1) is 11.3 Å². The molecular formula is C11H15NO2S2.